The molecule has 0 saturated heterocycles. The second-order valence-electron chi connectivity index (χ2n) is 4.76. The molecule has 100 valence electrons. The Labute approximate surface area is 121 Å². The van der Waals surface area contributed by atoms with Gasteiger partial charge in [0, 0.05) is 30.1 Å². The van der Waals surface area contributed by atoms with Crippen LogP contribution in [0.5, 0.6) is 0 Å². The number of nitriles is 1. The Morgan fingerprint density at radius 1 is 1.50 bits per heavy atom. The lowest BCUT2D eigenvalue weighted by Crippen LogP contribution is -2.25. The zero-order valence-electron chi connectivity index (χ0n) is 11.0. The number of nitrogen functional groups attached to an aromatic ring is 1. The van der Waals surface area contributed by atoms with Crippen LogP contribution in [0.1, 0.15) is 18.1 Å². The first-order chi connectivity index (χ1) is 9.61. The highest BCUT2D eigenvalue weighted by Gasteiger charge is 2.23. The molecule has 0 saturated carbocycles. The van der Waals surface area contributed by atoms with Gasteiger partial charge in [0.1, 0.15) is 11.1 Å². The number of benzene rings is 1. The summed E-state index contributed by atoms with van der Waals surface area (Å²) in [5.74, 6) is 0.0639. The minimum atomic E-state index is 0.0639. The molecule has 0 radical (unpaired) electrons. The lowest BCUT2D eigenvalue weighted by molar-refractivity contribution is -0.116. The van der Waals surface area contributed by atoms with Gasteiger partial charge in [0.2, 0.25) is 5.91 Å². The number of anilines is 2. The summed E-state index contributed by atoms with van der Waals surface area (Å²) in [6, 6.07) is 8.11. The van der Waals surface area contributed by atoms with E-state index in [-0.39, 0.29) is 5.91 Å². The van der Waals surface area contributed by atoms with Crippen molar-refractivity contribution in [2.24, 2.45) is 0 Å². The van der Waals surface area contributed by atoms with E-state index < -0.39 is 0 Å². The van der Waals surface area contributed by atoms with Gasteiger partial charge in [-0.25, -0.2) is 0 Å². The normalized spacial score (nSPS) is 13.1. The number of amides is 1. The molecule has 5 heteroatoms. The number of rotatable bonds is 1. The predicted molar refractivity (Wildman–Crippen MR) is 80.6 cm³/mol. The van der Waals surface area contributed by atoms with E-state index in [0.717, 1.165) is 35.3 Å². The Morgan fingerprint density at radius 2 is 2.30 bits per heavy atom. The third kappa shape index (κ3) is 1.86. The highest BCUT2D eigenvalue weighted by Crippen LogP contribution is 2.37. The zero-order chi connectivity index (χ0) is 14.3. The average Bonchev–Trinajstić information content (AvgIpc) is 3.00. The lowest BCUT2D eigenvalue weighted by atomic mass is 10.0. The molecule has 0 aliphatic carbocycles. The molecule has 2 N–H and O–H groups in total. The summed E-state index contributed by atoms with van der Waals surface area (Å²) < 4.78 is 0. The molecule has 1 aromatic heterocycles. The first kappa shape index (κ1) is 12.7. The lowest BCUT2D eigenvalue weighted by Gasteiger charge is -2.14. The van der Waals surface area contributed by atoms with Gasteiger partial charge in [0.05, 0.1) is 5.56 Å². The minimum absolute atomic E-state index is 0.0639. The molecule has 0 spiro atoms. The van der Waals surface area contributed by atoms with E-state index in [0.29, 0.717) is 10.6 Å². The molecule has 4 nitrogen and oxygen atoms in total. The van der Waals surface area contributed by atoms with Gasteiger partial charge in [-0.1, -0.05) is 6.07 Å². The van der Waals surface area contributed by atoms with Crippen molar-refractivity contribution in [1.82, 2.24) is 0 Å². The van der Waals surface area contributed by atoms with Gasteiger partial charge in [0.25, 0.3) is 0 Å². The van der Waals surface area contributed by atoms with Gasteiger partial charge in [-0.15, -0.1) is 11.3 Å². The number of carbonyl (C=O) groups is 1. The number of fused-ring (bicyclic) bond motifs is 1. The van der Waals surface area contributed by atoms with Gasteiger partial charge >= 0.3 is 0 Å². The largest absolute Gasteiger partial charge is 0.389 e. The number of thiophene rings is 1. The van der Waals surface area contributed by atoms with Crippen molar-refractivity contribution in [3.63, 3.8) is 0 Å². The van der Waals surface area contributed by atoms with Crippen molar-refractivity contribution < 1.29 is 4.79 Å². The van der Waals surface area contributed by atoms with Crippen molar-refractivity contribution in [1.29, 1.82) is 5.26 Å². The van der Waals surface area contributed by atoms with Gasteiger partial charge in [-0.2, -0.15) is 5.26 Å². The summed E-state index contributed by atoms with van der Waals surface area (Å²) in [7, 11) is 0. The zero-order valence-corrected chi connectivity index (χ0v) is 11.8. The van der Waals surface area contributed by atoms with E-state index in [1.165, 1.54) is 11.3 Å². The molecule has 0 bridgehead atoms. The molecular weight excluding hydrogens is 270 g/mol. The molecule has 20 heavy (non-hydrogen) atoms. The molecule has 0 atom stereocenters. The summed E-state index contributed by atoms with van der Waals surface area (Å²) in [6.45, 7) is 2.31. The molecule has 1 aromatic carbocycles. The fraction of sp³-hybridized carbons (Fsp3) is 0.200. The Balaban J connectivity index is 2.07. The van der Waals surface area contributed by atoms with Gasteiger partial charge in [-0.05, 0) is 29.7 Å². The Morgan fingerprint density at radius 3 is 3.00 bits per heavy atom. The average molecular weight is 283 g/mol. The molecular formula is C15H13N3OS. The first-order valence-corrected chi connectivity index (χ1v) is 7.18. The Kier molecular flexibility index (Phi) is 2.96. The van der Waals surface area contributed by atoms with E-state index >= 15 is 0 Å². The fourth-order valence-electron chi connectivity index (χ4n) is 2.60. The number of hydrogen-bond donors (Lipinski definition) is 1. The van der Waals surface area contributed by atoms with E-state index in [1.54, 1.807) is 11.8 Å². The maximum atomic E-state index is 11.5. The molecule has 0 unspecified atom stereocenters. The third-order valence-corrected chi connectivity index (χ3v) is 4.41. The van der Waals surface area contributed by atoms with Crippen LogP contribution in [0.15, 0.2) is 23.6 Å². The minimum Gasteiger partial charge on any atom is -0.389 e. The van der Waals surface area contributed by atoms with Crippen LogP contribution in [0.25, 0.3) is 11.1 Å². The summed E-state index contributed by atoms with van der Waals surface area (Å²) in [6.07, 6.45) is 0.851. The van der Waals surface area contributed by atoms with Crippen LogP contribution in [-0.4, -0.2) is 12.5 Å². The van der Waals surface area contributed by atoms with Crippen molar-refractivity contribution in [3.05, 3.63) is 34.7 Å². The number of nitrogens with zero attached hydrogens (tertiary/aromatic N) is 2. The van der Waals surface area contributed by atoms with Gasteiger partial charge in [-0.3, -0.25) is 4.79 Å². The highest BCUT2D eigenvalue weighted by atomic mass is 32.1. The van der Waals surface area contributed by atoms with Crippen molar-refractivity contribution in [2.75, 3.05) is 17.2 Å². The van der Waals surface area contributed by atoms with E-state index in [1.807, 2.05) is 17.5 Å². The monoisotopic (exact) mass is 283 g/mol. The van der Waals surface area contributed by atoms with Gasteiger partial charge in [0.15, 0.2) is 0 Å². The summed E-state index contributed by atoms with van der Waals surface area (Å²) in [4.78, 5) is 13.3. The van der Waals surface area contributed by atoms with E-state index in [4.69, 9.17) is 5.73 Å². The SMILES string of the molecule is CC(=O)N1CCc2cc(-c3csc(N)c3C#N)ccc21. The highest BCUT2D eigenvalue weighted by molar-refractivity contribution is 7.14. The van der Waals surface area contributed by atoms with Crippen LogP contribution < -0.4 is 10.6 Å². The predicted octanol–water partition coefficient (Wildman–Crippen LogP) is 2.78. The number of hydrogen-bond acceptors (Lipinski definition) is 4. The maximum absolute atomic E-state index is 11.5. The third-order valence-electron chi connectivity index (χ3n) is 3.60. The van der Waals surface area contributed by atoms with Crippen molar-refractivity contribution in [3.8, 4) is 17.2 Å². The standard InChI is InChI=1S/C15H13N3OS/c1-9(19)18-5-4-11-6-10(2-3-14(11)18)13-8-20-15(17)12(13)7-16/h2-3,6,8H,4-5,17H2,1H3. The van der Waals surface area contributed by atoms with Crippen LogP contribution in [-0.2, 0) is 11.2 Å². The van der Waals surface area contributed by atoms with Crippen LogP contribution in [0, 0.1) is 11.3 Å². The van der Waals surface area contributed by atoms with Crippen LogP contribution in [0.3, 0.4) is 0 Å². The second-order valence-corrected chi connectivity index (χ2v) is 5.68. The number of nitrogens with two attached hydrogens (primary N) is 1. The Bertz CT molecular complexity index is 742. The fourth-order valence-corrected chi connectivity index (χ4v) is 3.37. The molecule has 1 aliphatic rings. The second kappa shape index (κ2) is 4.66. The van der Waals surface area contributed by atoms with Crippen molar-refractivity contribution in [2.45, 2.75) is 13.3 Å². The molecule has 2 aromatic rings. The topological polar surface area (TPSA) is 70.1 Å². The molecule has 1 aliphatic heterocycles. The smallest absolute Gasteiger partial charge is 0.223 e. The summed E-state index contributed by atoms with van der Waals surface area (Å²) in [5.41, 5.74) is 10.3. The molecule has 2 heterocycles. The van der Waals surface area contributed by atoms with Crippen molar-refractivity contribution >= 4 is 27.9 Å². The number of carbonyl (C=O) groups excluding carboxylic acids is 1. The van der Waals surface area contributed by atoms with Crippen LogP contribution >= 0.6 is 11.3 Å². The Hall–Kier alpha value is -2.32. The molecule has 0 fully saturated rings. The van der Waals surface area contributed by atoms with Crippen LogP contribution in [0.2, 0.25) is 0 Å². The summed E-state index contributed by atoms with van der Waals surface area (Å²) >= 11 is 1.38. The quantitative estimate of drug-likeness (QED) is 0.874. The van der Waals surface area contributed by atoms with E-state index in [9.17, 15) is 10.1 Å². The maximum Gasteiger partial charge on any atom is 0.223 e. The molecule has 3 rings (SSSR count). The van der Waals surface area contributed by atoms with E-state index in [2.05, 4.69) is 12.1 Å². The first-order valence-electron chi connectivity index (χ1n) is 6.30. The van der Waals surface area contributed by atoms with Crippen LogP contribution in [0.4, 0.5) is 10.7 Å². The molecule has 1 amide bonds. The summed E-state index contributed by atoms with van der Waals surface area (Å²) in [5, 5.41) is 11.6. The van der Waals surface area contributed by atoms with Gasteiger partial charge < -0.3 is 10.6 Å².